The molecule has 0 aliphatic carbocycles. The van der Waals surface area contributed by atoms with Crippen LogP contribution in [0.4, 0.5) is 9.09 Å². The molecule has 0 rings (SSSR count). The fraction of sp³-hybridized carbons (Fsp3) is 0.800. The van der Waals surface area contributed by atoms with Crippen molar-refractivity contribution in [1.29, 1.82) is 0 Å². The van der Waals surface area contributed by atoms with E-state index in [0.29, 0.717) is 19.4 Å². The number of hydrogen-bond acceptors (Lipinski definition) is 3. The lowest BCUT2D eigenvalue weighted by Gasteiger charge is -2.01. The van der Waals surface area contributed by atoms with E-state index in [1.165, 1.54) is 0 Å². The smallest absolute Gasteiger partial charge is 0.318 e. The summed E-state index contributed by atoms with van der Waals surface area (Å²) in [5.41, 5.74) is 10.1. The summed E-state index contributed by atoms with van der Waals surface area (Å²) in [5.74, 6) is 0. The molecule has 3 nitrogen and oxygen atoms in total. The standard InChI is InChI=1S/C5H11FN2O.FH/c6-5(9)4(8)2-1-3-7;/h4H,1-3,7-8H2;1H/t4-;/m1./s1. The van der Waals surface area contributed by atoms with Crippen LogP contribution >= 0.6 is 0 Å². The van der Waals surface area contributed by atoms with Gasteiger partial charge in [-0.1, -0.05) is 0 Å². The van der Waals surface area contributed by atoms with Crippen LogP contribution in [0.25, 0.3) is 0 Å². The summed E-state index contributed by atoms with van der Waals surface area (Å²) in [5, 5.41) is 0. The van der Waals surface area contributed by atoms with Crippen molar-refractivity contribution < 1.29 is 13.9 Å². The Bertz CT molecular complexity index is 99.6. The van der Waals surface area contributed by atoms with Gasteiger partial charge in [-0.3, -0.25) is 9.50 Å². The van der Waals surface area contributed by atoms with E-state index in [2.05, 4.69) is 0 Å². The second kappa shape index (κ2) is 6.57. The maximum absolute atomic E-state index is 11.6. The van der Waals surface area contributed by atoms with Crippen molar-refractivity contribution in [1.82, 2.24) is 0 Å². The van der Waals surface area contributed by atoms with Crippen LogP contribution in [-0.4, -0.2) is 18.6 Å². The van der Waals surface area contributed by atoms with Gasteiger partial charge in [0.25, 0.3) is 0 Å². The highest BCUT2D eigenvalue weighted by molar-refractivity contribution is 5.73. The van der Waals surface area contributed by atoms with Crippen LogP contribution in [0.1, 0.15) is 12.8 Å². The predicted octanol–water partition coefficient (Wildman–Crippen LogP) is -0.299. The molecule has 0 aliphatic heterocycles. The molecule has 0 spiro atoms. The van der Waals surface area contributed by atoms with Gasteiger partial charge in [-0.25, -0.2) is 0 Å². The molecule has 5 heteroatoms. The highest BCUT2D eigenvalue weighted by Gasteiger charge is 2.09. The van der Waals surface area contributed by atoms with Gasteiger partial charge in [0, 0.05) is 0 Å². The average molecular weight is 154 g/mol. The van der Waals surface area contributed by atoms with E-state index in [1.54, 1.807) is 0 Å². The molecule has 0 radical (unpaired) electrons. The lowest BCUT2D eigenvalue weighted by Crippen LogP contribution is -2.27. The fourth-order valence-corrected chi connectivity index (χ4v) is 0.451. The summed E-state index contributed by atoms with van der Waals surface area (Å²) in [7, 11) is 0. The van der Waals surface area contributed by atoms with Crippen LogP contribution in [0, 0.1) is 0 Å². The molecule has 0 saturated heterocycles. The number of carbonyl (C=O) groups is 1. The van der Waals surface area contributed by atoms with E-state index in [1.807, 2.05) is 0 Å². The minimum Gasteiger partial charge on any atom is -0.330 e. The Morgan fingerprint density at radius 2 is 2.10 bits per heavy atom. The van der Waals surface area contributed by atoms with Crippen molar-refractivity contribution in [3.63, 3.8) is 0 Å². The van der Waals surface area contributed by atoms with Crippen molar-refractivity contribution in [2.75, 3.05) is 6.54 Å². The first-order valence-corrected chi connectivity index (χ1v) is 2.83. The molecule has 0 aliphatic rings. The average Bonchev–Trinajstić information content (AvgIpc) is 1.82. The van der Waals surface area contributed by atoms with Crippen LogP contribution in [0.3, 0.4) is 0 Å². The largest absolute Gasteiger partial charge is 0.330 e. The van der Waals surface area contributed by atoms with Crippen LogP contribution < -0.4 is 11.5 Å². The lowest BCUT2D eigenvalue weighted by molar-refractivity contribution is -0.130. The summed E-state index contributed by atoms with van der Waals surface area (Å²) in [6.07, 6.45) is 0.933. The van der Waals surface area contributed by atoms with Crippen molar-refractivity contribution in [2.45, 2.75) is 18.9 Å². The summed E-state index contributed by atoms with van der Waals surface area (Å²) >= 11 is 0. The van der Waals surface area contributed by atoms with E-state index < -0.39 is 12.1 Å². The van der Waals surface area contributed by atoms with Crippen molar-refractivity contribution in [2.24, 2.45) is 11.5 Å². The highest BCUT2D eigenvalue weighted by atomic mass is 19.1. The number of hydrogen-bond donors (Lipinski definition) is 2. The monoisotopic (exact) mass is 154 g/mol. The van der Waals surface area contributed by atoms with Crippen molar-refractivity contribution in [3.05, 3.63) is 0 Å². The number of rotatable bonds is 4. The first-order valence-electron chi connectivity index (χ1n) is 2.83. The minimum atomic E-state index is -1.46. The zero-order chi connectivity index (χ0) is 7.28. The molecule has 0 bridgehead atoms. The number of carbonyl (C=O) groups excluding carboxylic acids is 1. The molecule has 0 unspecified atom stereocenters. The molecule has 4 N–H and O–H groups in total. The Balaban J connectivity index is 0. The molecule has 62 valence electrons. The van der Waals surface area contributed by atoms with Crippen molar-refractivity contribution >= 4 is 6.04 Å². The van der Waals surface area contributed by atoms with Crippen LogP contribution in [-0.2, 0) is 4.79 Å². The van der Waals surface area contributed by atoms with E-state index in [0.717, 1.165) is 0 Å². The molecule has 0 aromatic rings. The molecular weight excluding hydrogens is 142 g/mol. The van der Waals surface area contributed by atoms with Gasteiger partial charge in [0.2, 0.25) is 0 Å². The van der Waals surface area contributed by atoms with Gasteiger partial charge >= 0.3 is 6.04 Å². The van der Waals surface area contributed by atoms with Gasteiger partial charge in [-0.15, -0.1) is 0 Å². The maximum atomic E-state index is 11.6. The van der Waals surface area contributed by atoms with Gasteiger partial charge in [-0.2, -0.15) is 4.39 Å². The Hall–Kier alpha value is -0.550. The van der Waals surface area contributed by atoms with Gasteiger partial charge in [0.15, 0.2) is 0 Å². The molecule has 0 amide bonds. The summed E-state index contributed by atoms with van der Waals surface area (Å²) < 4.78 is 11.6. The summed E-state index contributed by atoms with van der Waals surface area (Å²) in [6.45, 7) is 0.445. The topological polar surface area (TPSA) is 69.1 Å². The molecule has 0 fully saturated rings. The third-order valence-electron chi connectivity index (χ3n) is 1.01. The molecule has 1 atom stereocenters. The van der Waals surface area contributed by atoms with Gasteiger partial charge in [0.05, 0.1) is 6.04 Å². The number of halogens is 2. The molecule has 0 aromatic carbocycles. The SMILES string of the molecule is F.NCCC[C@@H](N)C(=O)F. The predicted molar refractivity (Wildman–Crippen MR) is 34.9 cm³/mol. The van der Waals surface area contributed by atoms with Crippen LogP contribution in [0.5, 0.6) is 0 Å². The lowest BCUT2D eigenvalue weighted by atomic mass is 10.2. The Morgan fingerprint density at radius 1 is 1.60 bits per heavy atom. The van der Waals surface area contributed by atoms with Crippen molar-refractivity contribution in [3.8, 4) is 0 Å². The van der Waals surface area contributed by atoms with E-state index >= 15 is 0 Å². The molecule has 10 heavy (non-hydrogen) atoms. The number of nitrogens with two attached hydrogens (primary N) is 2. The summed E-state index contributed by atoms with van der Waals surface area (Å²) in [4.78, 5) is 9.82. The van der Waals surface area contributed by atoms with Gasteiger partial charge in [0.1, 0.15) is 0 Å². The highest BCUT2D eigenvalue weighted by Crippen LogP contribution is 1.93. The second-order valence-corrected chi connectivity index (χ2v) is 1.84. The fourth-order valence-electron chi connectivity index (χ4n) is 0.451. The quantitative estimate of drug-likeness (QED) is 0.546. The molecule has 0 heterocycles. The zero-order valence-corrected chi connectivity index (χ0v) is 5.55. The van der Waals surface area contributed by atoms with Gasteiger partial charge in [-0.05, 0) is 19.4 Å². The molecule has 0 saturated carbocycles. The van der Waals surface area contributed by atoms with Crippen LogP contribution in [0.2, 0.25) is 0 Å². The van der Waals surface area contributed by atoms with E-state index in [4.69, 9.17) is 11.5 Å². The summed E-state index contributed by atoms with van der Waals surface area (Å²) in [6, 6.07) is -2.42. The normalized spacial score (nSPS) is 11.9. The molecule has 0 aromatic heterocycles. The third kappa shape index (κ3) is 5.58. The van der Waals surface area contributed by atoms with E-state index in [9.17, 15) is 9.18 Å². The third-order valence-corrected chi connectivity index (χ3v) is 1.01. The first kappa shape index (κ1) is 12.2. The van der Waals surface area contributed by atoms with Gasteiger partial charge < -0.3 is 11.5 Å². The zero-order valence-electron chi connectivity index (χ0n) is 5.55. The van der Waals surface area contributed by atoms with Crippen LogP contribution in [0.15, 0.2) is 0 Å². The molecular formula is C5H12F2N2O. The second-order valence-electron chi connectivity index (χ2n) is 1.84. The maximum Gasteiger partial charge on any atom is 0.318 e. The minimum absolute atomic E-state index is 0. The van der Waals surface area contributed by atoms with E-state index in [-0.39, 0.29) is 4.70 Å². The first-order chi connectivity index (χ1) is 4.18. The Labute approximate surface area is 57.9 Å². The Kier molecular flexibility index (Phi) is 7.99. The Morgan fingerprint density at radius 3 is 2.40 bits per heavy atom.